The number of carbonyl (C=O) groups is 3. The van der Waals surface area contributed by atoms with Crippen LogP contribution in [-0.4, -0.2) is 63.5 Å². The van der Waals surface area contributed by atoms with Crippen molar-refractivity contribution in [2.24, 2.45) is 25.9 Å². The molecule has 0 radical (unpaired) electrons. The summed E-state index contributed by atoms with van der Waals surface area (Å²) < 4.78 is 3.75. The summed E-state index contributed by atoms with van der Waals surface area (Å²) in [7, 11) is 2.88. The molecule has 2 fully saturated rings. The summed E-state index contributed by atoms with van der Waals surface area (Å²) in [4.78, 5) is 76.5. The SMILES string of the molecule is Cn1c(=O)c2c(ncn2CCN2C(=O)C3C(c4ccc(/C=C/c5ccccc5)cc4)NC(Cc4c[nH]c5ccccc45)(C(=O)O)C3C2=O)n(C)c1=O. The van der Waals surface area contributed by atoms with Crippen molar-refractivity contribution in [3.63, 3.8) is 0 Å². The maximum Gasteiger partial charge on any atom is 0.332 e. The van der Waals surface area contributed by atoms with Crippen LogP contribution in [0.5, 0.6) is 0 Å². The number of carboxylic acid groups (broad SMARTS) is 1. The van der Waals surface area contributed by atoms with Crippen LogP contribution in [-0.2, 0) is 41.4 Å². The Kier molecular flexibility index (Phi) is 7.87. The summed E-state index contributed by atoms with van der Waals surface area (Å²) in [5.41, 5.74) is 1.61. The molecule has 3 N–H and O–H groups in total. The molecule has 5 heterocycles. The molecule has 13 heteroatoms. The highest BCUT2D eigenvalue weighted by atomic mass is 16.4. The largest absolute Gasteiger partial charge is 0.480 e. The number of para-hydroxylation sites is 1. The summed E-state index contributed by atoms with van der Waals surface area (Å²) in [6.07, 6.45) is 7.06. The minimum atomic E-state index is -1.82. The topological polar surface area (TPSA) is 164 Å². The molecular weight excluding hydrogens is 662 g/mol. The van der Waals surface area contributed by atoms with Gasteiger partial charge in [0.05, 0.1) is 18.2 Å². The molecule has 0 saturated carbocycles. The second-order valence-electron chi connectivity index (χ2n) is 13.5. The van der Waals surface area contributed by atoms with Crippen molar-refractivity contribution in [2.75, 3.05) is 6.54 Å². The van der Waals surface area contributed by atoms with Crippen LogP contribution in [0.4, 0.5) is 0 Å². The highest BCUT2D eigenvalue weighted by Gasteiger charge is 2.68. The second-order valence-corrected chi connectivity index (χ2v) is 13.5. The number of hydrogen-bond donors (Lipinski definition) is 3. The normalized spacial score (nSPS) is 21.6. The number of imidazole rings is 1. The lowest BCUT2D eigenvalue weighted by Crippen LogP contribution is -2.57. The molecule has 2 amide bonds. The predicted molar refractivity (Wildman–Crippen MR) is 194 cm³/mol. The number of hydrogen-bond acceptors (Lipinski definition) is 7. The molecule has 4 unspecified atom stereocenters. The molecule has 262 valence electrons. The highest BCUT2D eigenvalue weighted by Crippen LogP contribution is 2.50. The van der Waals surface area contributed by atoms with Gasteiger partial charge in [-0.05, 0) is 28.3 Å². The number of nitrogens with zero attached hydrogens (tertiary/aromatic N) is 5. The van der Waals surface area contributed by atoms with Crippen molar-refractivity contribution < 1.29 is 19.5 Å². The zero-order valence-electron chi connectivity index (χ0n) is 28.4. The average molecular weight is 698 g/mol. The molecule has 2 aliphatic heterocycles. The Morgan fingerprint density at radius 2 is 1.56 bits per heavy atom. The first kappa shape index (κ1) is 32.8. The number of carboxylic acids is 1. The van der Waals surface area contributed by atoms with Crippen LogP contribution in [0.2, 0.25) is 0 Å². The van der Waals surface area contributed by atoms with Crippen LogP contribution < -0.4 is 16.6 Å². The Bertz CT molecular complexity index is 2550. The number of fused-ring (bicyclic) bond motifs is 3. The van der Waals surface area contributed by atoms with Crippen molar-refractivity contribution in [1.82, 2.24) is 33.9 Å². The van der Waals surface area contributed by atoms with Gasteiger partial charge in [-0.25, -0.2) is 9.78 Å². The molecule has 3 aromatic carbocycles. The van der Waals surface area contributed by atoms with Crippen LogP contribution >= 0.6 is 0 Å². The molecule has 0 aliphatic carbocycles. The summed E-state index contributed by atoms with van der Waals surface area (Å²) in [6.45, 7) is -0.106. The van der Waals surface area contributed by atoms with E-state index in [4.69, 9.17) is 0 Å². The van der Waals surface area contributed by atoms with Crippen molar-refractivity contribution in [3.05, 3.63) is 134 Å². The Labute approximate surface area is 296 Å². The molecular formula is C39H35N7O6. The van der Waals surface area contributed by atoms with Gasteiger partial charge in [-0.1, -0.05) is 84.9 Å². The fraction of sp³-hybridized carbons (Fsp3) is 0.231. The Balaban J connectivity index is 1.16. The lowest BCUT2D eigenvalue weighted by atomic mass is 9.76. The summed E-state index contributed by atoms with van der Waals surface area (Å²) in [5.74, 6) is -4.55. The van der Waals surface area contributed by atoms with Gasteiger partial charge in [0.25, 0.3) is 5.56 Å². The molecule has 3 aromatic heterocycles. The molecule has 4 atom stereocenters. The zero-order chi connectivity index (χ0) is 36.3. The van der Waals surface area contributed by atoms with Gasteiger partial charge in [-0.2, -0.15) is 0 Å². The lowest BCUT2D eigenvalue weighted by Gasteiger charge is -2.31. The molecule has 2 saturated heterocycles. The third-order valence-corrected chi connectivity index (χ3v) is 10.6. The Morgan fingerprint density at radius 3 is 2.29 bits per heavy atom. The fourth-order valence-electron chi connectivity index (χ4n) is 7.93. The number of likely N-dealkylation sites (tertiary alicyclic amines) is 1. The van der Waals surface area contributed by atoms with Gasteiger partial charge in [0.1, 0.15) is 5.54 Å². The zero-order valence-corrected chi connectivity index (χ0v) is 28.4. The third kappa shape index (κ3) is 5.11. The van der Waals surface area contributed by atoms with Crippen molar-refractivity contribution in [2.45, 2.75) is 24.5 Å². The van der Waals surface area contributed by atoms with E-state index in [0.717, 1.165) is 31.5 Å². The first-order valence-electron chi connectivity index (χ1n) is 16.9. The van der Waals surface area contributed by atoms with E-state index < -0.39 is 52.4 Å². The highest BCUT2D eigenvalue weighted by molar-refractivity contribution is 6.09. The average Bonchev–Trinajstić information content (AvgIpc) is 3.92. The van der Waals surface area contributed by atoms with Crippen LogP contribution in [0.25, 0.3) is 34.2 Å². The van der Waals surface area contributed by atoms with Gasteiger partial charge in [0.2, 0.25) is 11.8 Å². The van der Waals surface area contributed by atoms with E-state index in [1.54, 1.807) is 6.20 Å². The van der Waals surface area contributed by atoms with Gasteiger partial charge in [0, 0.05) is 56.7 Å². The smallest absolute Gasteiger partial charge is 0.332 e. The number of nitrogens with one attached hydrogen (secondary N) is 2. The van der Waals surface area contributed by atoms with Crippen molar-refractivity contribution in [3.8, 4) is 0 Å². The maximum atomic E-state index is 14.5. The molecule has 2 aliphatic rings. The summed E-state index contributed by atoms with van der Waals surface area (Å²) in [5, 5.41) is 15.2. The van der Waals surface area contributed by atoms with E-state index in [0.29, 0.717) is 11.1 Å². The van der Waals surface area contributed by atoms with E-state index >= 15 is 0 Å². The van der Waals surface area contributed by atoms with Crippen molar-refractivity contribution >= 4 is 52.0 Å². The Morgan fingerprint density at radius 1 is 0.865 bits per heavy atom. The Hall–Kier alpha value is -6.34. The lowest BCUT2D eigenvalue weighted by molar-refractivity contribution is -0.151. The number of amides is 2. The minimum absolute atomic E-state index is 0.0178. The minimum Gasteiger partial charge on any atom is -0.480 e. The van der Waals surface area contributed by atoms with Gasteiger partial charge < -0.3 is 14.7 Å². The van der Waals surface area contributed by atoms with Crippen LogP contribution in [0.15, 0.2) is 101 Å². The van der Waals surface area contributed by atoms with Crippen LogP contribution in [0.1, 0.15) is 28.3 Å². The van der Waals surface area contributed by atoms with E-state index in [9.17, 15) is 29.1 Å². The molecule has 13 nitrogen and oxygen atoms in total. The third-order valence-electron chi connectivity index (χ3n) is 10.6. The second kappa shape index (κ2) is 12.5. The number of aromatic nitrogens is 5. The van der Waals surface area contributed by atoms with E-state index in [1.165, 1.54) is 29.6 Å². The van der Waals surface area contributed by atoms with Gasteiger partial charge in [0.15, 0.2) is 11.2 Å². The number of benzene rings is 3. The van der Waals surface area contributed by atoms with Crippen LogP contribution in [0.3, 0.4) is 0 Å². The summed E-state index contributed by atoms with van der Waals surface area (Å²) >= 11 is 0. The van der Waals surface area contributed by atoms with Gasteiger partial charge in [-0.15, -0.1) is 0 Å². The molecule has 8 rings (SSSR count). The quantitative estimate of drug-likeness (QED) is 0.153. The number of carbonyl (C=O) groups excluding carboxylic acids is 2. The fourth-order valence-corrected chi connectivity index (χ4v) is 7.93. The van der Waals surface area contributed by atoms with Crippen LogP contribution in [0, 0.1) is 11.8 Å². The molecule has 0 spiro atoms. The maximum absolute atomic E-state index is 14.5. The number of imide groups is 1. The number of aryl methyl sites for hydroxylation is 1. The molecule has 0 bridgehead atoms. The van der Waals surface area contributed by atoms with E-state index in [1.807, 2.05) is 91.0 Å². The van der Waals surface area contributed by atoms with Gasteiger partial charge in [-0.3, -0.25) is 38.5 Å². The van der Waals surface area contributed by atoms with E-state index in [2.05, 4.69) is 15.3 Å². The number of aliphatic carboxylic acids is 1. The predicted octanol–water partition coefficient (Wildman–Crippen LogP) is 3.10. The number of rotatable bonds is 9. The van der Waals surface area contributed by atoms with E-state index in [-0.39, 0.29) is 30.7 Å². The first-order chi connectivity index (χ1) is 25.1. The van der Waals surface area contributed by atoms with Crippen molar-refractivity contribution in [1.29, 1.82) is 0 Å². The number of aromatic amines is 1. The standard InChI is InChI=1S/C39H35N7O6/c1-43-33-32(36(49)44(2)38(43)52)45(22-41-33)18-19-46-34(47)29-30(35(46)48)39(37(50)51,20-26-21-40-28-11-7-6-10-27(26)28)42-31(29)25-16-14-24(15-17-25)13-12-23-8-4-3-5-9-23/h3-17,21-22,29-31,40,42H,18-20H2,1-2H3,(H,50,51)/b13-12+. The summed E-state index contributed by atoms with van der Waals surface area (Å²) in [6, 6.07) is 24.2. The number of H-pyrrole nitrogens is 1. The van der Waals surface area contributed by atoms with Gasteiger partial charge >= 0.3 is 11.7 Å². The first-order valence-corrected chi connectivity index (χ1v) is 16.9. The molecule has 52 heavy (non-hydrogen) atoms. The monoisotopic (exact) mass is 697 g/mol. The molecule has 6 aromatic rings.